The van der Waals surface area contributed by atoms with Gasteiger partial charge in [0, 0.05) is 19.5 Å². The number of halogens is 1. The Hall–Kier alpha value is -1.97. The summed E-state index contributed by atoms with van der Waals surface area (Å²) in [4.78, 5) is 16.4. The maximum Gasteiger partial charge on any atom is 0.338 e. The van der Waals surface area contributed by atoms with Crippen molar-refractivity contribution in [1.82, 2.24) is 14.4 Å². The van der Waals surface area contributed by atoms with Gasteiger partial charge in [-0.15, -0.1) is 0 Å². The average Bonchev–Trinajstić information content (AvgIpc) is 3.07. The molecule has 0 aliphatic rings. The van der Waals surface area contributed by atoms with Gasteiger partial charge in [0.1, 0.15) is 4.90 Å². The Morgan fingerprint density at radius 3 is 2.57 bits per heavy atom. The van der Waals surface area contributed by atoms with E-state index in [1.165, 1.54) is 22.5 Å². The van der Waals surface area contributed by atoms with E-state index in [9.17, 15) is 13.2 Å². The lowest BCUT2D eigenvalue weighted by Gasteiger charge is -2.19. The number of hydrogen-bond donors (Lipinski definition) is 0. The second kappa shape index (κ2) is 9.49. The Morgan fingerprint density at radius 2 is 1.96 bits per heavy atom. The normalized spacial score (nSPS) is 12.0. The minimum atomic E-state index is -3.81. The number of rotatable bonds is 9. The lowest BCUT2D eigenvalue weighted by Crippen LogP contribution is -2.31. The van der Waals surface area contributed by atoms with Gasteiger partial charge in [0.2, 0.25) is 10.0 Å². The number of benzene rings is 1. The van der Waals surface area contributed by atoms with E-state index in [4.69, 9.17) is 20.9 Å². The van der Waals surface area contributed by atoms with Crippen molar-refractivity contribution in [3.63, 3.8) is 0 Å². The zero-order chi connectivity index (χ0) is 20.9. The van der Waals surface area contributed by atoms with Gasteiger partial charge in [-0.2, -0.15) is 9.29 Å². The minimum Gasteiger partial charge on any atom is -0.452 e. The molecular formula is C18H24ClN3O5S. The summed E-state index contributed by atoms with van der Waals surface area (Å²) in [6.07, 6.45) is 0.654. The standard InChI is InChI=1S/C18H24ClN3O5S/c1-5-22(6-2)28(24,25)15-10-13(7-8-14(15)19)18(23)26-11-17-20-16(21-27-17)9-12(3)4/h7-8,10,12H,5-6,9,11H2,1-4H3. The average molecular weight is 430 g/mol. The summed E-state index contributed by atoms with van der Waals surface area (Å²) in [5, 5.41) is 3.86. The van der Waals surface area contributed by atoms with Gasteiger partial charge in [-0.05, 0) is 24.1 Å². The van der Waals surface area contributed by atoms with Crippen molar-refractivity contribution in [2.24, 2.45) is 5.92 Å². The van der Waals surface area contributed by atoms with Crippen LogP contribution in [-0.4, -0.2) is 41.9 Å². The fraction of sp³-hybridized carbons (Fsp3) is 0.500. The van der Waals surface area contributed by atoms with E-state index in [1.807, 2.05) is 13.8 Å². The van der Waals surface area contributed by atoms with Crippen LogP contribution in [0.25, 0.3) is 0 Å². The van der Waals surface area contributed by atoms with Crippen molar-refractivity contribution in [3.05, 3.63) is 40.5 Å². The largest absolute Gasteiger partial charge is 0.452 e. The van der Waals surface area contributed by atoms with E-state index >= 15 is 0 Å². The van der Waals surface area contributed by atoms with Gasteiger partial charge < -0.3 is 9.26 Å². The summed E-state index contributed by atoms with van der Waals surface area (Å²) in [7, 11) is -3.81. The molecular weight excluding hydrogens is 406 g/mol. The van der Waals surface area contributed by atoms with Crippen molar-refractivity contribution in [1.29, 1.82) is 0 Å². The lowest BCUT2D eigenvalue weighted by atomic mass is 10.1. The second-order valence-electron chi connectivity index (χ2n) is 6.51. The number of aromatic nitrogens is 2. The third-order valence-electron chi connectivity index (χ3n) is 3.92. The monoisotopic (exact) mass is 429 g/mol. The van der Waals surface area contributed by atoms with Gasteiger partial charge in [-0.1, -0.05) is 44.5 Å². The zero-order valence-electron chi connectivity index (χ0n) is 16.3. The molecule has 154 valence electrons. The van der Waals surface area contributed by atoms with Crippen LogP contribution in [0.15, 0.2) is 27.6 Å². The molecule has 0 fully saturated rings. The molecule has 0 radical (unpaired) electrons. The first kappa shape index (κ1) is 22.3. The quantitative estimate of drug-likeness (QED) is 0.563. The number of hydrogen-bond acceptors (Lipinski definition) is 7. The second-order valence-corrected chi connectivity index (χ2v) is 8.83. The Morgan fingerprint density at radius 1 is 1.29 bits per heavy atom. The first-order valence-corrected chi connectivity index (χ1v) is 10.8. The fourth-order valence-electron chi connectivity index (χ4n) is 2.54. The maximum atomic E-state index is 12.7. The molecule has 1 aromatic heterocycles. The third kappa shape index (κ3) is 5.30. The summed E-state index contributed by atoms with van der Waals surface area (Å²) in [6, 6.07) is 3.99. The number of carbonyl (C=O) groups excluding carboxylic acids is 1. The molecule has 0 aliphatic carbocycles. The number of nitrogens with zero attached hydrogens (tertiary/aromatic N) is 3. The van der Waals surface area contributed by atoms with Crippen molar-refractivity contribution in [2.75, 3.05) is 13.1 Å². The van der Waals surface area contributed by atoms with Crippen LogP contribution in [-0.2, 0) is 27.8 Å². The Kier molecular flexibility index (Phi) is 7.56. The number of sulfonamides is 1. The molecule has 0 saturated carbocycles. The van der Waals surface area contributed by atoms with E-state index in [0.717, 1.165) is 0 Å². The van der Waals surface area contributed by atoms with E-state index in [1.54, 1.807) is 13.8 Å². The van der Waals surface area contributed by atoms with Crippen LogP contribution in [0.3, 0.4) is 0 Å². The lowest BCUT2D eigenvalue weighted by molar-refractivity contribution is 0.0429. The van der Waals surface area contributed by atoms with Crippen LogP contribution in [0.2, 0.25) is 5.02 Å². The van der Waals surface area contributed by atoms with Crippen molar-refractivity contribution in [3.8, 4) is 0 Å². The Bertz CT molecular complexity index is 923. The predicted molar refractivity (Wildman–Crippen MR) is 104 cm³/mol. The molecule has 10 heteroatoms. The highest BCUT2D eigenvalue weighted by Crippen LogP contribution is 2.26. The van der Waals surface area contributed by atoms with Gasteiger partial charge in [0.15, 0.2) is 12.4 Å². The first-order chi connectivity index (χ1) is 13.2. The molecule has 0 spiro atoms. The molecule has 8 nitrogen and oxygen atoms in total. The van der Waals surface area contributed by atoms with E-state index in [2.05, 4.69) is 10.1 Å². The predicted octanol–water partition coefficient (Wildman–Crippen LogP) is 3.31. The van der Waals surface area contributed by atoms with E-state index < -0.39 is 16.0 Å². The van der Waals surface area contributed by atoms with Crippen molar-refractivity contribution >= 4 is 27.6 Å². The third-order valence-corrected chi connectivity index (χ3v) is 6.45. The molecule has 1 aromatic carbocycles. The Balaban J connectivity index is 2.15. The van der Waals surface area contributed by atoms with Crippen molar-refractivity contribution in [2.45, 2.75) is 45.6 Å². The topological polar surface area (TPSA) is 103 Å². The molecule has 0 unspecified atom stereocenters. The highest BCUT2D eigenvalue weighted by atomic mass is 35.5. The smallest absolute Gasteiger partial charge is 0.338 e. The Labute approximate surface area is 169 Å². The summed E-state index contributed by atoms with van der Waals surface area (Å²) < 4.78 is 36.9. The molecule has 0 atom stereocenters. The maximum absolute atomic E-state index is 12.7. The van der Waals surface area contributed by atoms with Crippen LogP contribution in [0.4, 0.5) is 0 Å². The SMILES string of the molecule is CCN(CC)S(=O)(=O)c1cc(C(=O)OCc2nc(CC(C)C)no2)ccc1Cl. The summed E-state index contributed by atoms with van der Waals surface area (Å²) in [5.74, 6) is 0.374. The van der Waals surface area contributed by atoms with Crippen LogP contribution in [0.5, 0.6) is 0 Å². The summed E-state index contributed by atoms with van der Waals surface area (Å²) in [6.45, 7) is 7.89. The highest BCUT2D eigenvalue weighted by molar-refractivity contribution is 7.89. The molecule has 2 rings (SSSR count). The molecule has 28 heavy (non-hydrogen) atoms. The minimum absolute atomic E-state index is 0.0404. The molecule has 1 heterocycles. The van der Waals surface area contributed by atoms with Crippen LogP contribution < -0.4 is 0 Å². The summed E-state index contributed by atoms with van der Waals surface area (Å²) in [5.41, 5.74) is 0.0667. The highest BCUT2D eigenvalue weighted by Gasteiger charge is 2.26. The van der Waals surface area contributed by atoms with E-state index in [0.29, 0.717) is 31.3 Å². The van der Waals surface area contributed by atoms with Gasteiger partial charge in [-0.25, -0.2) is 13.2 Å². The number of esters is 1. The first-order valence-electron chi connectivity index (χ1n) is 8.97. The number of ether oxygens (including phenoxy) is 1. The van der Waals surface area contributed by atoms with Crippen molar-refractivity contribution < 1.29 is 22.5 Å². The van der Waals surface area contributed by atoms with Crippen LogP contribution in [0, 0.1) is 5.92 Å². The summed E-state index contributed by atoms with van der Waals surface area (Å²) >= 11 is 6.07. The zero-order valence-corrected chi connectivity index (χ0v) is 17.9. The molecule has 2 aromatic rings. The van der Waals surface area contributed by atoms with Gasteiger partial charge >= 0.3 is 5.97 Å². The molecule has 0 aliphatic heterocycles. The van der Waals surface area contributed by atoms with Gasteiger partial charge in [0.05, 0.1) is 10.6 Å². The molecule has 0 bridgehead atoms. The molecule has 0 saturated heterocycles. The molecule has 0 amide bonds. The van der Waals surface area contributed by atoms with E-state index in [-0.39, 0.29) is 28.0 Å². The van der Waals surface area contributed by atoms with Gasteiger partial charge in [-0.3, -0.25) is 0 Å². The van der Waals surface area contributed by atoms with Gasteiger partial charge in [0.25, 0.3) is 5.89 Å². The molecule has 0 N–H and O–H groups in total. The number of carbonyl (C=O) groups is 1. The van der Waals surface area contributed by atoms with Crippen LogP contribution >= 0.6 is 11.6 Å². The van der Waals surface area contributed by atoms with Crippen LogP contribution in [0.1, 0.15) is 49.8 Å². The fourth-order valence-corrected chi connectivity index (χ4v) is 4.50.